The molecule has 2 amide bonds. The van der Waals surface area contributed by atoms with Gasteiger partial charge in [0.25, 0.3) is 5.91 Å². The van der Waals surface area contributed by atoms with E-state index in [1.807, 2.05) is 18.2 Å². The number of nitrogens with zero attached hydrogens (tertiary/aromatic N) is 2. The van der Waals surface area contributed by atoms with Gasteiger partial charge in [-0.3, -0.25) is 9.59 Å². The van der Waals surface area contributed by atoms with Crippen molar-refractivity contribution >= 4 is 11.8 Å². The third-order valence-electron chi connectivity index (χ3n) is 3.35. The normalized spacial score (nSPS) is 15.4. The van der Waals surface area contributed by atoms with E-state index in [0.29, 0.717) is 25.4 Å². The highest BCUT2D eigenvalue weighted by atomic mass is 16.5. The van der Waals surface area contributed by atoms with Crippen molar-refractivity contribution in [2.45, 2.75) is 6.54 Å². The number of carbonyl (C=O) groups is 2. The van der Waals surface area contributed by atoms with Gasteiger partial charge in [-0.2, -0.15) is 0 Å². The highest BCUT2D eigenvalue weighted by molar-refractivity contribution is 5.86. The molecule has 1 saturated heterocycles. The van der Waals surface area contributed by atoms with Crippen LogP contribution >= 0.6 is 0 Å². The Labute approximate surface area is 118 Å². The summed E-state index contributed by atoms with van der Waals surface area (Å²) in [5.74, 6) is 0.383. The first-order chi connectivity index (χ1) is 9.61. The van der Waals surface area contributed by atoms with Crippen molar-refractivity contribution < 1.29 is 14.3 Å². The average molecular weight is 277 g/mol. The predicted molar refractivity (Wildman–Crippen MR) is 74.0 cm³/mol. The quantitative estimate of drug-likeness (QED) is 0.828. The van der Waals surface area contributed by atoms with Gasteiger partial charge in [0.1, 0.15) is 5.75 Å². The minimum atomic E-state index is -0.182. The van der Waals surface area contributed by atoms with Gasteiger partial charge in [0.05, 0.1) is 6.54 Å². The van der Waals surface area contributed by atoms with Gasteiger partial charge in [-0.1, -0.05) is 18.2 Å². The summed E-state index contributed by atoms with van der Waals surface area (Å²) >= 11 is 0. The molecule has 2 rings (SSSR count). The summed E-state index contributed by atoms with van der Waals surface area (Å²) in [6.45, 7) is 1.51. The second-order valence-electron chi connectivity index (χ2n) is 4.73. The van der Waals surface area contributed by atoms with Gasteiger partial charge in [0.2, 0.25) is 5.91 Å². The van der Waals surface area contributed by atoms with Gasteiger partial charge >= 0.3 is 0 Å². The highest BCUT2D eigenvalue weighted by Crippen LogP contribution is 2.17. The van der Waals surface area contributed by atoms with E-state index in [1.165, 1.54) is 4.90 Å². The molecule has 0 atom stereocenters. The van der Waals surface area contributed by atoms with Crippen LogP contribution in [0, 0.1) is 0 Å². The largest absolute Gasteiger partial charge is 0.483 e. The summed E-state index contributed by atoms with van der Waals surface area (Å²) in [5.41, 5.74) is 6.46. The number of rotatable bonds is 4. The van der Waals surface area contributed by atoms with E-state index < -0.39 is 0 Å². The van der Waals surface area contributed by atoms with E-state index in [-0.39, 0.29) is 25.0 Å². The first-order valence-corrected chi connectivity index (χ1v) is 6.54. The fourth-order valence-corrected chi connectivity index (χ4v) is 2.02. The van der Waals surface area contributed by atoms with Crippen LogP contribution in [0.4, 0.5) is 0 Å². The standard InChI is InChI=1S/C14H19N3O3/c1-16-6-7-17(9-13(16)18)14(19)10-20-12-5-3-2-4-11(12)8-15/h2-5H,6-10,15H2,1H3. The van der Waals surface area contributed by atoms with Gasteiger partial charge in [-0.05, 0) is 6.07 Å². The van der Waals surface area contributed by atoms with Gasteiger partial charge in [-0.25, -0.2) is 0 Å². The lowest BCUT2D eigenvalue weighted by Crippen LogP contribution is -2.51. The highest BCUT2D eigenvalue weighted by Gasteiger charge is 2.24. The van der Waals surface area contributed by atoms with Gasteiger partial charge < -0.3 is 20.3 Å². The van der Waals surface area contributed by atoms with Crippen LogP contribution in [0.15, 0.2) is 24.3 Å². The zero-order chi connectivity index (χ0) is 14.5. The molecule has 1 heterocycles. The van der Waals surface area contributed by atoms with Crippen LogP contribution < -0.4 is 10.5 Å². The van der Waals surface area contributed by atoms with E-state index in [9.17, 15) is 9.59 Å². The number of amides is 2. The molecule has 0 saturated carbocycles. The molecule has 2 N–H and O–H groups in total. The summed E-state index contributed by atoms with van der Waals surface area (Å²) in [6.07, 6.45) is 0. The summed E-state index contributed by atoms with van der Waals surface area (Å²) in [4.78, 5) is 26.7. The van der Waals surface area contributed by atoms with Crippen LogP contribution in [0.2, 0.25) is 0 Å². The predicted octanol–water partition coefficient (Wildman–Crippen LogP) is -0.175. The molecule has 1 aliphatic rings. The van der Waals surface area contributed by atoms with Crippen molar-refractivity contribution in [3.8, 4) is 5.75 Å². The molecule has 0 radical (unpaired) electrons. The zero-order valence-electron chi connectivity index (χ0n) is 11.5. The molecule has 20 heavy (non-hydrogen) atoms. The lowest BCUT2D eigenvalue weighted by Gasteiger charge is -2.31. The molecule has 108 valence electrons. The zero-order valence-corrected chi connectivity index (χ0v) is 11.5. The van der Waals surface area contributed by atoms with E-state index in [0.717, 1.165) is 5.56 Å². The molecule has 0 unspecified atom stereocenters. The van der Waals surface area contributed by atoms with E-state index in [4.69, 9.17) is 10.5 Å². The van der Waals surface area contributed by atoms with Gasteiger partial charge in [0, 0.05) is 32.2 Å². The number of hydrogen-bond acceptors (Lipinski definition) is 4. The maximum absolute atomic E-state index is 12.0. The van der Waals surface area contributed by atoms with Crippen molar-refractivity contribution in [3.63, 3.8) is 0 Å². The fourth-order valence-electron chi connectivity index (χ4n) is 2.02. The molecule has 0 aliphatic carbocycles. The monoisotopic (exact) mass is 277 g/mol. The van der Waals surface area contributed by atoms with Crippen LogP contribution in [0.25, 0.3) is 0 Å². The van der Waals surface area contributed by atoms with Crippen LogP contribution in [-0.2, 0) is 16.1 Å². The lowest BCUT2D eigenvalue weighted by molar-refractivity contribution is -0.145. The third kappa shape index (κ3) is 3.27. The minimum absolute atomic E-state index is 0.0491. The van der Waals surface area contributed by atoms with Crippen LogP contribution in [0.1, 0.15) is 5.56 Å². The SMILES string of the molecule is CN1CCN(C(=O)COc2ccccc2CN)CC1=O. The Morgan fingerprint density at radius 3 is 2.80 bits per heavy atom. The van der Waals surface area contributed by atoms with E-state index in [2.05, 4.69) is 0 Å². The second-order valence-corrected chi connectivity index (χ2v) is 4.73. The molecular weight excluding hydrogens is 258 g/mol. The Morgan fingerprint density at radius 2 is 2.10 bits per heavy atom. The summed E-state index contributed by atoms with van der Waals surface area (Å²) in [7, 11) is 1.73. The van der Waals surface area contributed by atoms with Crippen molar-refractivity contribution in [2.24, 2.45) is 5.73 Å². The van der Waals surface area contributed by atoms with Gasteiger partial charge in [-0.15, -0.1) is 0 Å². The third-order valence-corrected chi connectivity index (χ3v) is 3.35. The average Bonchev–Trinajstić information content (AvgIpc) is 2.47. The molecule has 0 aromatic heterocycles. The Bertz CT molecular complexity index is 504. The maximum Gasteiger partial charge on any atom is 0.261 e. The number of likely N-dealkylation sites (N-methyl/N-ethyl adjacent to an activating group) is 1. The number of hydrogen-bond donors (Lipinski definition) is 1. The van der Waals surface area contributed by atoms with Crippen LogP contribution in [0.3, 0.4) is 0 Å². The van der Waals surface area contributed by atoms with Crippen molar-refractivity contribution in [1.82, 2.24) is 9.80 Å². The first-order valence-electron chi connectivity index (χ1n) is 6.54. The number of nitrogens with two attached hydrogens (primary N) is 1. The Balaban J connectivity index is 1.91. The number of carbonyl (C=O) groups excluding carboxylic acids is 2. The first kappa shape index (κ1) is 14.3. The summed E-state index contributed by atoms with van der Waals surface area (Å²) < 4.78 is 5.51. The lowest BCUT2D eigenvalue weighted by atomic mass is 10.2. The number of ether oxygens (including phenoxy) is 1. The van der Waals surface area contributed by atoms with E-state index in [1.54, 1.807) is 18.0 Å². The smallest absolute Gasteiger partial charge is 0.261 e. The molecule has 0 spiro atoms. The Kier molecular flexibility index (Phi) is 4.57. The molecule has 6 heteroatoms. The Morgan fingerprint density at radius 1 is 1.35 bits per heavy atom. The second kappa shape index (κ2) is 6.38. The van der Waals surface area contributed by atoms with Crippen molar-refractivity contribution in [2.75, 3.05) is 33.3 Å². The Hall–Kier alpha value is -2.08. The fraction of sp³-hybridized carbons (Fsp3) is 0.429. The minimum Gasteiger partial charge on any atom is -0.483 e. The maximum atomic E-state index is 12.0. The molecule has 1 aliphatic heterocycles. The van der Waals surface area contributed by atoms with Crippen molar-refractivity contribution in [1.29, 1.82) is 0 Å². The van der Waals surface area contributed by atoms with Gasteiger partial charge in [0.15, 0.2) is 6.61 Å². The van der Waals surface area contributed by atoms with E-state index >= 15 is 0 Å². The molecule has 6 nitrogen and oxygen atoms in total. The molecule has 1 aromatic rings. The van der Waals surface area contributed by atoms with Crippen molar-refractivity contribution in [3.05, 3.63) is 29.8 Å². The number of piperazine rings is 1. The summed E-state index contributed by atoms with van der Waals surface area (Å²) in [5, 5.41) is 0. The molecule has 1 fully saturated rings. The van der Waals surface area contributed by atoms with Crippen LogP contribution in [0.5, 0.6) is 5.75 Å². The molecule has 1 aromatic carbocycles. The molecular formula is C14H19N3O3. The number of para-hydroxylation sites is 1. The topological polar surface area (TPSA) is 75.9 Å². The van der Waals surface area contributed by atoms with Crippen LogP contribution in [-0.4, -0.2) is 54.9 Å². The molecule has 0 bridgehead atoms. The number of benzene rings is 1. The summed E-state index contributed by atoms with van der Waals surface area (Å²) in [6, 6.07) is 7.35.